The van der Waals surface area contributed by atoms with Gasteiger partial charge >= 0.3 is 0 Å². The highest BCUT2D eigenvalue weighted by atomic mass is 79.9. The van der Waals surface area contributed by atoms with E-state index in [9.17, 15) is 9.59 Å². The maximum Gasteiger partial charge on any atom is 0.268 e. The van der Waals surface area contributed by atoms with Gasteiger partial charge in [0.05, 0.1) is 0 Å². The Balaban J connectivity index is 2.85. The molecule has 0 atom stereocenters. The third-order valence-electron chi connectivity index (χ3n) is 2.08. The van der Waals surface area contributed by atoms with E-state index in [-0.39, 0.29) is 18.0 Å². The van der Waals surface area contributed by atoms with E-state index in [0.29, 0.717) is 16.8 Å². The topological polar surface area (TPSA) is 64.0 Å². The third-order valence-corrected chi connectivity index (χ3v) is 2.62. The number of carbonyl (C=O) groups excluding carboxylic acids is 1. The molecule has 1 amide bonds. The molecule has 0 spiro atoms. The summed E-state index contributed by atoms with van der Waals surface area (Å²) in [5, 5.41) is 2.71. The number of aromatic nitrogens is 2. The van der Waals surface area contributed by atoms with Gasteiger partial charge in [-0.25, -0.2) is 4.98 Å². The standard InChI is InChI=1S/C10H14BrN3O2/c1-3-4-12-9(15)6-14-7(2)13-5-8(11)10(14)16/h5H,3-4,6H2,1-2H3,(H,12,15). The van der Waals surface area contributed by atoms with E-state index in [4.69, 9.17) is 0 Å². The first-order chi connectivity index (χ1) is 7.56. The molecule has 0 bridgehead atoms. The van der Waals surface area contributed by atoms with E-state index < -0.39 is 0 Å². The van der Waals surface area contributed by atoms with Crippen LogP contribution in [0.25, 0.3) is 0 Å². The van der Waals surface area contributed by atoms with Crippen LogP contribution in [0.15, 0.2) is 15.5 Å². The van der Waals surface area contributed by atoms with Crippen molar-refractivity contribution in [2.24, 2.45) is 0 Å². The van der Waals surface area contributed by atoms with Crippen LogP contribution in [0.5, 0.6) is 0 Å². The van der Waals surface area contributed by atoms with Crippen LogP contribution in [0.4, 0.5) is 0 Å². The molecule has 6 heteroatoms. The molecule has 0 aliphatic carbocycles. The highest BCUT2D eigenvalue weighted by Gasteiger charge is 2.09. The molecule has 0 radical (unpaired) electrons. The summed E-state index contributed by atoms with van der Waals surface area (Å²) in [7, 11) is 0. The van der Waals surface area contributed by atoms with Crippen LogP contribution in [0.3, 0.4) is 0 Å². The molecule has 0 saturated carbocycles. The number of halogens is 1. The summed E-state index contributed by atoms with van der Waals surface area (Å²) in [6.45, 7) is 4.30. The first-order valence-electron chi connectivity index (χ1n) is 5.05. The van der Waals surface area contributed by atoms with Crippen molar-refractivity contribution >= 4 is 21.8 Å². The Morgan fingerprint density at radius 3 is 2.94 bits per heavy atom. The zero-order valence-electron chi connectivity index (χ0n) is 9.29. The number of rotatable bonds is 4. The molecular formula is C10H14BrN3O2. The second-order valence-corrected chi connectivity index (χ2v) is 4.25. The van der Waals surface area contributed by atoms with Crippen LogP contribution >= 0.6 is 15.9 Å². The lowest BCUT2D eigenvalue weighted by Gasteiger charge is -2.09. The first-order valence-corrected chi connectivity index (χ1v) is 5.84. The van der Waals surface area contributed by atoms with Crippen LogP contribution in [-0.2, 0) is 11.3 Å². The SMILES string of the molecule is CCCNC(=O)Cn1c(C)ncc(Br)c1=O. The fourth-order valence-electron chi connectivity index (χ4n) is 1.20. The Morgan fingerprint density at radius 1 is 1.62 bits per heavy atom. The minimum absolute atomic E-state index is 0.0110. The van der Waals surface area contributed by atoms with Crippen molar-refractivity contribution in [3.05, 3.63) is 26.8 Å². The Hall–Kier alpha value is -1.17. The molecule has 0 aliphatic heterocycles. The lowest BCUT2D eigenvalue weighted by molar-refractivity contribution is -0.121. The van der Waals surface area contributed by atoms with Gasteiger partial charge < -0.3 is 5.32 Å². The lowest BCUT2D eigenvalue weighted by atomic mass is 10.4. The predicted molar refractivity (Wildman–Crippen MR) is 64.2 cm³/mol. The molecular weight excluding hydrogens is 274 g/mol. The highest BCUT2D eigenvalue weighted by molar-refractivity contribution is 9.10. The van der Waals surface area contributed by atoms with Gasteiger partial charge in [0, 0.05) is 12.7 Å². The number of hydrogen-bond donors (Lipinski definition) is 1. The van der Waals surface area contributed by atoms with Gasteiger partial charge in [0.15, 0.2) is 0 Å². The van der Waals surface area contributed by atoms with E-state index in [1.54, 1.807) is 6.92 Å². The van der Waals surface area contributed by atoms with Crippen molar-refractivity contribution in [3.63, 3.8) is 0 Å². The van der Waals surface area contributed by atoms with Crippen molar-refractivity contribution in [3.8, 4) is 0 Å². The summed E-state index contributed by atoms with van der Waals surface area (Å²) in [6.07, 6.45) is 2.31. The average Bonchev–Trinajstić information content (AvgIpc) is 2.27. The number of hydrogen-bond acceptors (Lipinski definition) is 3. The lowest BCUT2D eigenvalue weighted by Crippen LogP contribution is -2.34. The van der Waals surface area contributed by atoms with E-state index >= 15 is 0 Å². The smallest absolute Gasteiger partial charge is 0.268 e. The first kappa shape index (κ1) is 12.9. The van der Waals surface area contributed by atoms with Crippen LogP contribution < -0.4 is 10.9 Å². The molecule has 1 aromatic rings. The summed E-state index contributed by atoms with van der Waals surface area (Å²) in [6, 6.07) is 0. The average molecular weight is 288 g/mol. The zero-order chi connectivity index (χ0) is 12.1. The van der Waals surface area contributed by atoms with Gasteiger partial charge in [0.2, 0.25) is 5.91 Å². The molecule has 1 aromatic heterocycles. The number of nitrogens with one attached hydrogen (secondary N) is 1. The fourth-order valence-corrected chi connectivity index (χ4v) is 1.52. The van der Waals surface area contributed by atoms with E-state index in [1.165, 1.54) is 10.8 Å². The van der Waals surface area contributed by atoms with Crippen molar-refractivity contribution in [1.29, 1.82) is 0 Å². The van der Waals surface area contributed by atoms with Gasteiger partial charge in [-0.15, -0.1) is 0 Å². The fraction of sp³-hybridized carbons (Fsp3) is 0.500. The second-order valence-electron chi connectivity index (χ2n) is 3.39. The minimum Gasteiger partial charge on any atom is -0.355 e. The van der Waals surface area contributed by atoms with Gasteiger partial charge in [-0.2, -0.15) is 0 Å². The van der Waals surface area contributed by atoms with Gasteiger partial charge in [-0.1, -0.05) is 6.92 Å². The molecule has 5 nitrogen and oxygen atoms in total. The molecule has 1 heterocycles. The normalized spacial score (nSPS) is 10.2. The summed E-state index contributed by atoms with van der Waals surface area (Å²) >= 11 is 3.10. The number of carbonyl (C=O) groups is 1. The molecule has 88 valence electrons. The van der Waals surface area contributed by atoms with Crippen LogP contribution in [0.2, 0.25) is 0 Å². The van der Waals surface area contributed by atoms with E-state index in [1.807, 2.05) is 6.92 Å². The van der Waals surface area contributed by atoms with Crippen molar-refractivity contribution in [2.45, 2.75) is 26.8 Å². The molecule has 16 heavy (non-hydrogen) atoms. The molecule has 1 N–H and O–H groups in total. The zero-order valence-corrected chi connectivity index (χ0v) is 10.9. The number of nitrogens with zero attached hydrogens (tertiary/aromatic N) is 2. The molecule has 0 aromatic carbocycles. The largest absolute Gasteiger partial charge is 0.355 e. The minimum atomic E-state index is -0.237. The van der Waals surface area contributed by atoms with Crippen molar-refractivity contribution in [2.75, 3.05) is 6.54 Å². The van der Waals surface area contributed by atoms with Crippen LogP contribution in [0.1, 0.15) is 19.2 Å². The van der Waals surface area contributed by atoms with Gasteiger partial charge in [-0.05, 0) is 29.3 Å². The Kier molecular flexibility index (Phi) is 4.67. The van der Waals surface area contributed by atoms with Crippen molar-refractivity contribution in [1.82, 2.24) is 14.9 Å². The van der Waals surface area contributed by atoms with E-state index in [0.717, 1.165) is 6.42 Å². The van der Waals surface area contributed by atoms with E-state index in [2.05, 4.69) is 26.2 Å². The Bertz CT molecular complexity index is 442. The molecule has 0 aliphatic rings. The monoisotopic (exact) mass is 287 g/mol. The third kappa shape index (κ3) is 3.16. The maximum absolute atomic E-state index is 11.7. The van der Waals surface area contributed by atoms with Gasteiger partial charge in [0.1, 0.15) is 16.8 Å². The Morgan fingerprint density at radius 2 is 2.31 bits per heavy atom. The van der Waals surface area contributed by atoms with Crippen LogP contribution in [0, 0.1) is 6.92 Å². The highest BCUT2D eigenvalue weighted by Crippen LogP contribution is 2.01. The quantitative estimate of drug-likeness (QED) is 0.893. The Labute approximate surface area is 102 Å². The van der Waals surface area contributed by atoms with Gasteiger partial charge in [-0.3, -0.25) is 14.2 Å². The summed E-state index contributed by atoms with van der Waals surface area (Å²) in [5.74, 6) is 0.354. The molecule has 0 fully saturated rings. The molecule has 1 rings (SSSR count). The second kappa shape index (κ2) is 5.79. The molecule has 0 saturated heterocycles. The number of amides is 1. The molecule has 0 unspecified atom stereocenters. The summed E-state index contributed by atoms with van der Waals surface area (Å²) in [5.41, 5.74) is -0.237. The van der Waals surface area contributed by atoms with Gasteiger partial charge in [0.25, 0.3) is 5.56 Å². The van der Waals surface area contributed by atoms with Crippen molar-refractivity contribution < 1.29 is 4.79 Å². The summed E-state index contributed by atoms with van der Waals surface area (Å²) < 4.78 is 1.70. The summed E-state index contributed by atoms with van der Waals surface area (Å²) in [4.78, 5) is 27.2. The van der Waals surface area contributed by atoms with Crippen LogP contribution in [-0.4, -0.2) is 22.0 Å². The number of aryl methyl sites for hydroxylation is 1. The maximum atomic E-state index is 11.7. The predicted octanol–water partition coefficient (Wildman–Crippen LogP) is 0.840.